The Balaban J connectivity index is 1.30. The highest BCUT2D eigenvalue weighted by molar-refractivity contribution is 5.99. The van der Waals surface area contributed by atoms with Crippen LogP contribution in [0.2, 0.25) is 0 Å². The summed E-state index contributed by atoms with van der Waals surface area (Å²) in [7, 11) is 0. The van der Waals surface area contributed by atoms with Crippen LogP contribution < -0.4 is 16.0 Å². The predicted molar refractivity (Wildman–Crippen MR) is 158 cm³/mol. The number of anilines is 4. The lowest BCUT2D eigenvalue weighted by atomic mass is 9.79. The number of carbonyl (C=O) groups is 2. The molecular weight excluding hydrogens is 536 g/mol. The van der Waals surface area contributed by atoms with Crippen molar-refractivity contribution in [1.82, 2.24) is 20.3 Å². The number of esters is 1. The fraction of sp³-hybridized carbons (Fsp3) is 0.387. The molecule has 0 atom stereocenters. The monoisotopic (exact) mass is 572 g/mol. The Hall–Kier alpha value is -4.35. The minimum atomic E-state index is -1.13. The largest absolute Gasteiger partial charge is 0.466 e. The van der Waals surface area contributed by atoms with Gasteiger partial charge in [-0.2, -0.15) is 4.98 Å². The Kier molecular flexibility index (Phi) is 9.09. The lowest BCUT2D eigenvalue weighted by Crippen LogP contribution is -2.47. The average Bonchev–Trinajstić information content (AvgIpc) is 2.99. The highest BCUT2D eigenvalue weighted by Crippen LogP contribution is 2.37. The molecule has 1 saturated heterocycles. The highest BCUT2D eigenvalue weighted by Gasteiger charge is 2.39. The second-order valence-corrected chi connectivity index (χ2v) is 10.6. The van der Waals surface area contributed by atoms with Crippen LogP contribution in [-0.2, 0) is 19.9 Å². The van der Waals surface area contributed by atoms with E-state index in [1.807, 2.05) is 19.1 Å². The SMILES string of the molecule is C=CCNC(=O)c1cnc(Nc2ccc(C3CCC(C(=O)OCC)CC3)cc2)nc1Nc1cccc(C2(O)COC2)n1. The second kappa shape index (κ2) is 13.1. The Morgan fingerprint density at radius 2 is 1.86 bits per heavy atom. The van der Waals surface area contributed by atoms with E-state index in [2.05, 4.69) is 49.6 Å². The molecule has 0 radical (unpaired) electrons. The summed E-state index contributed by atoms with van der Waals surface area (Å²) in [5.41, 5.74) is 1.59. The van der Waals surface area contributed by atoms with E-state index in [0.29, 0.717) is 30.0 Å². The van der Waals surface area contributed by atoms with Crippen LogP contribution in [0.1, 0.15) is 60.1 Å². The number of nitrogens with zero attached hydrogens (tertiary/aromatic N) is 3. The fourth-order valence-electron chi connectivity index (χ4n) is 5.18. The molecular formula is C31H36N6O5. The Morgan fingerprint density at radius 3 is 2.52 bits per heavy atom. The molecule has 2 aliphatic rings. The van der Waals surface area contributed by atoms with Crippen molar-refractivity contribution in [2.75, 3.05) is 37.0 Å². The molecule has 0 bridgehead atoms. The van der Waals surface area contributed by atoms with Crippen LogP contribution in [0, 0.1) is 5.92 Å². The van der Waals surface area contributed by atoms with Crippen molar-refractivity contribution in [1.29, 1.82) is 0 Å². The third-order valence-corrected chi connectivity index (χ3v) is 7.58. The summed E-state index contributed by atoms with van der Waals surface area (Å²) in [4.78, 5) is 38.4. The molecule has 5 rings (SSSR count). The van der Waals surface area contributed by atoms with E-state index >= 15 is 0 Å². The topological polar surface area (TPSA) is 148 Å². The molecule has 0 unspecified atom stereocenters. The molecule has 11 heteroatoms. The molecule has 1 saturated carbocycles. The van der Waals surface area contributed by atoms with Gasteiger partial charge in [0.05, 0.1) is 31.4 Å². The molecule has 1 amide bonds. The first kappa shape index (κ1) is 29.2. The molecule has 2 fully saturated rings. The van der Waals surface area contributed by atoms with E-state index in [-0.39, 0.29) is 48.9 Å². The standard InChI is InChI=1S/C31H36N6O5/c1-3-16-32-28(38)24-17-33-30(37-27(24)36-26-7-5-6-25(35-26)31(40)18-41-19-31)34-23-14-12-21(13-15-23)20-8-10-22(11-9-20)29(39)42-4-2/h3,5-7,12-15,17,20,22,40H,1,4,8-11,16,18-19H2,2H3,(H,32,38)(H2,33,34,35,36,37). The fourth-order valence-corrected chi connectivity index (χ4v) is 5.18. The normalized spacial score (nSPS) is 19.2. The summed E-state index contributed by atoms with van der Waals surface area (Å²) in [6, 6.07) is 13.3. The van der Waals surface area contributed by atoms with Crippen LogP contribution in [0.15, 0.2) is 61.3 Å². The quantitative estimate of drug-likeness (QED) is 0.193. The first-order chi connectivity index (χ1) is 20.4. The number of aliphatic hydroxyl groups is 1. The smallest absolute Gasteiger partial charge is 0.308 e. The van der Waals surface area contributed by atoms with Crippen molar-refractivity contribution in [3.8, 4) is 0 Å². The maximum Gasteiger partial charge on any atom is 0.308 e. The maximum atomic E-state index is 12.8. The zero-order valence-electron chi connectivity index (χ0n) is 23.6. The van der Waals surface area contributed by atoms with Gasteiger partial charge in [-0.15, -0.1) is 6.58 Å². The van der Waals surface area contributed by atoms with Crippen molar-refractivity contribution in [2.24, 2.45) is 5.92 Å². The third-order valence-electron chi connectivity index (χ3n) is 7.58. The van der Waals surface area contributed by atoms with Gasteiger partial charge in [0.1, 0.15) is 17.2 Å². The van der Waals surface area contributed by atoms with Crippen LogP contribution in [0.4, 0.5) is 23.3 Å². The number of pyridine rings is 1. The molecule has 4 N–H and O–H groups in total. The van der Waals surface area contributed by atoms with Crippen molar-refractivity contribution in [3.05, 3.63) is 78.1 Å². The molecule has 1 aliphatic carbocycles. The first-order valence-electron chi connectivity index (χ1n) is 14.2. The number of benzene rings is 1. The number of carbonyl (C=O) groups excluding carboxylic acids is 2. The molecule has 11 nitrogen and oxygen atoms in total. The van der Waals surface area contributed by atoms with E-state index in [9.17, 15) is 14.7 Å². The lowest BCUT2D eigenvalue weighted by Gasteiger charge is -2.35. The van der Waals surface area contributed by atoms with Crippen LogP contribution in [0.5, 0.6) is 0 Å². The predicted octanol–water partition coefficient (Wildman–Crippen LogP) is 4.33. The zero-order valence-corrected chi connectivity index (χ0v) is 23.6. The maximum absolute atomic E-state index is 12.8. The number of hydrogen-bond acceptors (Lipinski definition) is 10. The van der Waals surface area contributed by atoms with Crippen LogP contribution in [-0.4, -0.2) is 58.3 Å². The zero-order chi connectivity index (χ0) is 29.5. The molecule has 1 aliphatic heterocycles. The second-order valence-electron chi connectivity index (χ2n) is 10.6. The van der Waals surface area contributed by atoms with Gasteiger partial charge in [-0.05, 0) is 68.4 Å². The molecule has 3 heterocycles. The number of aromatic nitrogens is 3. The van der Waals surface area contributed by atoms with Gasteiger partial charge >= 0.3 is 5.97 Å². The van der Waals surface area contributed by atoms with E-state index in [4.69, 9.17) is 9.47 Å². The summed E-state index contributed by atoms with van der Waals surface area (Å²) in [6.45, 7) is 6.54. The van der Waals surface area contributed by atoms with Gasteiger partial charge in [-0.3, -0.25) is 9.59 Å². The first-order valence-corrected chi connectivity index (χ1v) is 14.2. The van der Waals surface area contributed by atoms with E-state index in [0.717, 1.165) is 31.4 Å². The molecule has 3 aromatic rings. The van der Waals surface area contributed by atoms with Gasteiger partial charge < -0.3 is 30.5 Å². The number of hydrogen-bond donors (Lipinski definition) is 4. The summed E-state index contributed by atoms with van der Waals surface area (Å²) in [6.07, 6.45) is 6.61. The van der Waals surface area contributed by atoms with Crippen molar-refractivity contribution < 1.29 is 24.2 Å². The van der Waals surface area contributed by atoms with E-state index in [1.54, 1.807) is 24.3 Å². The third kappa shape index (κ3) is 6.75. The molecule has 0 spiro atoms. The average molecular weight is 573 g/mol. The Labute approximate surface area is 244 Å². The summed E-state index contributed by atoms with van der Waals surface area (Å²) < 4.78 is 10.3. The number of ether oxygens (including phenoxy) is 2. The molecule has 42 heavy (non-hydrogen) atoms. The Bertz CT molecular complexity index is 1420. The molecule has 1 aromatic carbocycles. The van der Waals surface area contributed by atoms with Gasteiger partial charge in [0.25, 0.3) is 5.91 Å². The number of amides is 1. The minimum absolute atomic E-state index is 0.00132. The van der Waals surface area contributed by atoms with Gasteiger partial charge in [0.15, 0.2) is 5.60 Å². The summed E-state index contributed by atoms with van der Waals surface area (Å²) >= 11 is 0. The van der Waals surface area contributed by atoms with Crippen LogP contribution in [0.3, 0.4) is 0 Å². The van der Waals surface area contributed by atoms with E-state index in [1.165, 1.54) is 11.8 Å². The van der Waals surface area contributed by atoms with Crippen LogP contribution >= 0.6 is 0 Å². The number of rotatable bonds is 11. The van der Waals surface area contributed by atoms with Gasteiger partial charge in [-0.25, -0.2) is 9.97 Å². The molecule has 220 valence electrons. The van der Waals surface area contributed by atoms with Gasteiger partial charge in [-0.1, -0.05) is 24.3 Å². The summed E-state index contributed by atoms with van der Waals surface area (Å²) in [5.74, 6) is 0.914. The van der Waals surface area contributed by atoms with Crippen molar-refractivity contribution in [2.45, 2.75) is 44.1 Å². The van der Waals surface area contributed by atoms with Gasteiger partial charge in [0.2, 0.25) is 5.95 Å². The minimum Gasteiger partial charge on any atom is -0.466 e. The van der Waals surface area contributed by atoms with Gasteiger partial charge in [0, 0.05) is 18.4 Å². The summed E-state index contributed by atoms with van der Waals surface area (Å²) in [5, 5.41) is 19.7. The van der Waals surface area contributed by atoms with E-state index < -0.39 is 5.60 Å². The highest BCUT2D eigenvalue weighted by atomic mass is 16.5. The van der Waals surface area contributed by atoms with Crippen molar-refractivity contribution in [3.63, 3.8) is 0 Å². The lowest BCUT2D eigenvalue weighted by molar-refractivity contribution is -0.186. The van der Waals surface area contributed by atoms with Crippen molar-refractivity contribution >= 4 is 35.1 Å². The number of nitrogens with one attached hydrogen (secondary N) is 3. The van der Waals surface area contributed by atoms with Crippen LogP contribution in [0.25, 0.3) is 0 Å². The Morgan fingerprint density at radius 1 is 1.10 bits per heavy atom. The molecule has 2 aromatic heterocycles.